The molecule has 0 unspecified atom stereocenters. The van der Waals surface area contributed by atoms with Gasteiger partial charge in [0.2, 0.25) is 0 Å². The van der Waals surface area contributed by atoms with Crippen LogP contribution in [0.3, 0.4) is 0 Å². The number of fused-ring (bicyclic) bond motifs is 5. The minimum absolute atomic E-state index is 0.106. The Hall–Kier alpha value is -0.560. The molecule has 1 nitrogen and oxygen atoms in total. The predicted molar refractivity (Wildman–Crippen MR) is 119 cm³/mol. The summed E-state index contributed by atoms with van der Waals surface area (Å²) in [4.78, 5) is 0. The molecule has 3 saturated carbocycles. The zero-order valence-electron chi connectivity index (χ0n) is 19.1. The van der Waals surface area contributed by atoms with E-state index in [-0.39, 0.29) is 6.10 Å². The zero-order chi connectivity index (χ0) is 20.1. The minimum Gasteiger partial charge on any atom is -0.393 e. The van der Waals surface area contributed by atoms with Gasteiger partial charge in [0.1, 0.15) is 0 Å². The standard InChI is InChI=1S/C27H44O/c1-18(2)7-6-8-19(3)23-11-12-24-22-10-9-20-17-21(28)13-15-26(20,4)25(22)14-16-27(23,24)5/h9-10,18-19,21,23-25,28H,6-8,11-17H2,1-5H3/t19-,21-,23-,24+,25-,26-,27+/m0/s1. The second-order valence-electron chi connectivity index (χ2n) is 11.8. The lowest BCUT2D eigenvalue weighted by Gasteiger charge is -2.55. The van der Waals surface area contributed by atoms with Crippen molar-refractivity contribution in [1.82, 2.24) is 0 Å². The van der Waals surface area contributed by atoms with Gasteiger partial charge in [-0.15, -0.1) is 0 Å². The molecule has 4 rings (SSSR count). The number of aliphatic hydroxyl groups is 1. The highest BCUT2D eigenvalue weighted by Crippen LogP contribution is 2.66. The van der Waals surface area contributed by atoms with Gasteiger partial charge in [-0.3, -0.25) is 0 Å². The molecule has 28 heavy (non-hydrogen) atoms. The first-order chi connectivity index (χ1) is 13.3. The molecule has 0 radical (unpaired) electrons. The van der Waals surface area contributed by atoms with E-state index in [4.69, 9.17) is 0 Å². The maximum Gasteiger partial charge on any atom is 0.0578 e. The van der Waals surface area contributed by atoms with Gasteiger partial charge >= 0.3 is 0 Å². The van der Waals surface area contributed by atoms with Crippen LogP contribution < -0.4 is 0 Å². The molecule has 0 aliphatic heterocycles. The molecule has 0 heterocycles. The molecule has 1 N–H and O–H groups in total. The summed E-state index contributed by atoms with van der Waals surface area (Å²) in [6.45, 7) is 12.5. The molecule has 158 valence electrons. The van der Waals surface area contributed by atoms with Crippen molar-refractivity contribution >= 4 is 0 Å². The molecule has 4 aliphatic carbocycles. The van der Waals surface area contributed by atoms with Gasteiger partial charge in [0.15, 0.2) is 0 Å². The average molecular weight is 385 g/mol. The predicted octanol–water partition coefficient (Wildman–Crippen LogP) is 7.31. The van der Waals surface area contributed by atoms with Crippen LogP contribution in [0.15, 0.2) is 23.3 Å². The first kappa shape index (κ1) is 20.7. The van der Waals surface area contributed by atoms with Crippen molar-refractivity contribution in [2.24, 2.45) is 40.4 Å². The summed E-state index contributed by atoms with van der Waals surface area (Å²) in [7, 11) is 0. The van der Waals surface area contributed by atoms with Crippen molar-refractivity contribution in [2.75, 3.05) is 0 Å². The lowest BCUT2D eigenvalue weighted by atomic mass is 9.50. The van der Waals surface area contributed by atoms with Crippen molar-refractivity contribution in [2.45, 2.75) is 105 Å². The van der Waals surface area contributed by atoms with Crippen molar-refractivity contribution in [3.05, 3.63) is 23.3 Å². The molecule has 0 saturated heterocycles. The summed E-state index contributed by atoms with van der Waals surface area (Å²) in [6, 6.07) is 0. The first-order valence-corrected chi connectivity index (χ1v) is 12.3. The second kappa shape index (κ2) is 7.60. The van der Waals surface area contributed by atoms with E-state index in [0.717, 1.165) is 42.4 Å². The number of allylic oxidation sites excluding steroid dienone is 3. The van der Waals surface area contributed by atoms with Crippen molar-refractivity contribution < 1.29 is 5.11 Å². The smallest absolute Gasteiger partial charge is 0.0578 e. The second-order valence-corrected chi connectivity index (χ2v) is 11.8. The highest BCUT2D eigenvalue weighted by Gasteiger charge is 2.56. The normalized spacial score (nSPS) is 43.7. The summed E-state index contributed by atoms with van der Waals surface area (Å²) in [5, 5.41) is 10.2. The monoisotopic (exact) mass is 384 g/mol. The fourth-order valence-electron chi connectivity index (χ4n) is 8.01. The van der Waals surface area contributed by atoms with Crippen LogP contribution in [0.25, 0.3) is 0 Å². The van der Waals surface area contributed by atoms with Gasteiger partial charge in [-0.25, -0.2) is 0 Å². The summed E-state index contributed by atoms with van der Waals surface area (Å²) < 4.78 is 0. The third kappa shape index (κ3) is 3.34. The Labute approximate surface area is 174 Å². The third-order valence-corrected chi connectivity index (χ3v) is 9.75. The molecule has 1 heteroatoms. The van der Waals surface area contributed by atoms with Gasteiger partial charge in [0.25, 0.3) is 0 Å². The Morgan fingerprint density at radius 2 is 1.75 bits per heavy atom. The highest BCUT2D eigenvalue weighted by atomic mass is 16.3. The van der Waals surface area contributed by atoms with E-state index in [9.17, 15) is 5.11 Å². The molecule has 0 aromatic rings. The van der Waals surface area contributed by atoms with Gasteiger partial charge in [-0.1, -0.05) is 77.2 Å². The van der Waals surface area contributed by atoms with Crippen molar-refractivity contribution in [1.29, 1.82) is 0 Å². The number of rotatable bonds is 5. The first-order valence-electron chi connectivity index (χ1n) is 12.3. The van der Waals surface area contributed by atoms with E-state index in [1.807, 2.05) is 0 Å². The highest BCUT2D eigenvalue weighted by molar-refractivity contribution is 5.38. The summed E-state index contributed by atoms with van der Waals surface area (Å²) >= 11 is 0. The number of aliphatic hydroxyl groups excluding tert-OH is 1. The van der Waals surface area contributed by atoms with E-state index < -0.39 is 0 Å². The Bertz CT molecular complexity index is 643. The maximum absolute atomic E-state index is 10.2. The van der Waals surface area contributed by atoms with Gasteiger partial charge in [0, 0.05) is 0 Å². The van der Waals surface area contributed by atoms with Crippen LogP contribution in [0.1, 0.15) is 98.8 Å². The maximum atomic E-state index is 10.2. The van der Waals surface area contributed by atoms with Crippen LogP contribution in [0, 0.1) is 40.4 Å². The Morgan fingerprint density at radius 1 is 0.964 bits per heavy atom. The van der Waals surface area contributed by atoms with Crippen LogP contribution in [0.5, 0.6) is 0 Å². The summed E-state index contributed by atoms with van der Waals surface area (Å²) in [5.74, 6) is 4.19. The van der Waals surface area contributed by atoms with Gasteiger partial charge in [-0.2, -0.15) is 0 Å². The molecule has 0 amide bonds. The van der Waals surface area contributed by atoms with E-state index in [1.54, 1.807) is 11.1 Å². The molecule has 7 atom stereocenters. The Morgan fingerprint density at radius 3 is 2.50 bits per heavy atom. The van der Waals surface area contributed by atoms with Crippen molar-refractivity contribution in [3.63, 3.8) is 0 Å². The molecule has 0 aromatic carbocycles. The SMILES string of the molecule is CC(C)CCC[C@H](C)[C@@H]1CC[C@@H]2C3=CC=C4C[C@@H](O)CC[C@]4(C)[C@H]3CC[C@@]21C. The van der Waals surface area contributed by atoms with Gasteiger partial charge < -0.3 is 5.11 Å². The van der Waals surface area contributed by atoms with Crippen LogP contribution in [-0.4, -0.2) is 11.2 Å². The quantitative estimate of drug-likeness (QED) is 0.527. The summed E-state index contributed by atoms with van der Waals surface area (Å²) in [6.07, 6.45) is 17.8. The Balaban J connectivity index is 1.53. The van der Waals surface area contributed by atoms with Crippen LogP contribution in [0.4, 0.5) is 0 Å². The fraction of sp³-hybridized carbons (Fsp3) is 0.852. The molecule has 0 bridgehead atoms. The van der Waals surface area contributed by atoms with E-state index in [2.05, 4.69) is 46.8 Å². The topological polar surface area (TPSA) is 20.2 Å². The van der Waals surface area contributed by atoms with E-state index in [0.29, 0.717) is 10.8 Å². The molecule has 0 spiro atoms. The van der Waals surface area contributed by atoms with Crippen molar-refractivity contribution in [3.8, 4) is 0 Å². The Kier molecular flexibility index (Phi) is 5.62. The zero-order valence-corrected chi connectivity index (χ0v) is 19.1. The molecular formula is C27H44O. The van der Waals surface area contributed by atoms with E-state index >= 15 is 0 Å². The van der Waals surface area contributed by atoms with Crippen LogP contribution >= 0.6 is 0 Å². The largest absolute Gasteiger partial charge is 0.393 e. The number of hydrogen-bond donors (Lipinski definition) is 1. The number of hydrogen-bond acceptors (Lipinski definition) is 1. The van der Waals surface area contributed by atoms with Crippen LogP contribution in [-0.2, 0) is 0 Å². The molecule has 4 aliphatic rings. The van der Waals surface area contributed by atoms with E-state index in [1.165, 1.54) is 51.4 Å². The van der Waals surface area contributed by atoms with Gasteiger partial charge in [-0.05, 0) is 85.4 Å². The fourth-order valence-corrected chi connectivity index (χ4v) is 8.01. The lowest BCUT2D eigenvalue weighted by molar-refractivity contribution is 0.0323. The summed E-state index contributed by atoms with van der Waals surface area (Å²) in [5.41, 5.74) is 4.19. The minimum atomic E-state index is -0.106. The average Bonchev–Trinajstić information content (AvgIpc) is 2.99. The molecular weight excluding hydrogens is 340 g/mol. The third-order valence-electron chi connectivity index (χ3n) is 9.75. The van der Waals surface area contributed by atoms with Gasteiger partial charge in [0.05, 0.1) is 6.10 Å². The molecule has 3 fully saturated rings. The van der Waals surface area contributed by atoms with Crippen LogP contribution in [0.2, 0.25) is 0 Å². The lowest BCUT2D eigenvalue weighted by Crippen LogP contribution is -2.46. The molecule has 0 aromatic heterocycles.